The normalized spacial score (nSPS) is 13.0. The van der Waals surface area contributed by atoms with E-state index in [1.165, 1.54) is 0 Å². The van der Waals surface area contributed by atoms with Crippen molar-refractivity contribution in [3.63, 3.8) is 0 Å². The molecule has 1 aliphatic heterocycles. The van der Waals surface area contributed by atoms with Gasteiger partial charge in [-0.25, -0.2) is 14.8 Å². The van der Waals surface area contributed by atoms with Crippen LogP contribution in [0.5, 0.6) is 11.5 Å². The first-order valence-corrected chi connectivity index (χ1v) is 14.2. The number of anilines is 1. The molecule has 2 heterocycles. The summed E-state index contributed by atoms with van der Waals surface area (Å²) in [5.74, 6) is 0.671. The highest BCUT2D eigenvalue weighted by Crippen LogP contribution is 2.33. The number of carbonyl (C=O) groups is 2. The summed E-state index contributed by atoms with van der Waals surface area (Å²) in [5.41, 5.74) is 6.51. The molecule has 0 bridgehead atoms. The Hall–Kier alpha value is -5.24. The fraction of sp³-hybridized carbons (Fsp3) is 0.200. The third-order valence-corrected chi connectivity index (χ3v) is 7.68. The first-order valence-electron chi connectivity index (χ1n) is 14.2. The molecule has 1 amide bonds. The molecule has 0 saturated heterocycles. The average molecular weight is 574 g/mol. The number of para-hydroxylation sites is 1. The molecule has 1 atom stereocenters. The summed E-state index contributed by atoms with van der Waals surface area (Å²) in [6, 6.07) is 28.1. The van der Waals surface area contributed by atoms with Crippen molar-refractivity contribution in [2.45, 2.75) is 25.9 Å². The smallest absolute Gasteiger partial charge is 0.338 e. The van der Waals surface area contributed by atoms with E-state index >= 15 is 0 Å². The number of fused-ring (bicyclic) bond motifs is 2. The highest BCUT2D eigenvalue weighted by Gasteiger charge is 2.31. The Morgan fingerprint density at radius 1 is 0.791 bits per heavy atom. The van der Waals surface area contributed by atoms with Crippen LogP contribution in [0, 0.1) is 0 Å². The molecule has 5 aromatic rings. The molecular weight excluding hydrogens is 542 g/mol. The molecule has 0 radical (unpaired) electrons. The second-order valence-corrected chi connectivity index (χ2v) is 10.3. The number of methoxy groups -OCH3 is 2. The number of ether oxygens (including phenoxy) is 3. The van der Waals surface area contributed by atoms with Gasteiger partial charge in [-0.05, 0) is 91.2 Å². The van der Waals surface area contributed by atoms with Gasteiger partial charge in [0, 0.05) is 23.4 Å². The largest absolute Gasteiger partial charge is 0.497 e. The van der Waals surface area contributed by atoms with E-state index in [1.54, 1.807) is 37.3 Å². The molecule has 0 N–H and O–H groups in total. The van der Waals surface area contributed by atoms with Crippen LogP contribution in [0.3, 0.4) is 0 Å². The fourth-order valence-corrected chi connectivity index (χ4v) is 5.33. The third-order valence-electron chi connectivity index (χ3n) is 7.68. The highest BCUT2D eigenvalue weighted by atomic mass is 16.5. The zero-order chi connectivity index (χ0) is 29.9. The molecule has 1 unspecified atom stereocenters. The van der Waals surface area contributed by atoms with Crippen LogP contribution in [-0.4, -0.2) is 48.7 Å². The summed E-state index contributed by atoms with van der Waals surface area (Å²) >= 11 is 0. The van der Waals surface area contributed by atoms with Gasteiger partial charge in [-0.1, -0.05) is 25.1 Å². The Kier molecular flexibility index (Phi) is 7.75. The summed E-state index contributed by atoms with van der Waals surface area (Å²) < 4.78 is 16.4. The number of amides is 1. The lowest BCUT2D eigenvalue weighted by Crippen LogP contribution is -2.40. The van der Waals surface area contributed by atoms with Crippen LogP contribution < -0.4 is 14.4 Å². The average Bonchev–Trinajstić information content (AvgIpc) is 3.50. The van der Waals surface area contributed by atoms with Crippen molar-refractivity contribution in [1.29, 1.82) is 0 Å². The minimum Gasteiger partial charge on any atom is -0.497 e. The van der Waals surface area contributed by atoms with Gasteiger partial charge in [0.15, 0.2) is 6.10 Å². The lowest BCUT2D eigenvalue weighted by atomic mass is 10.0. The van der Waals surface area contributed by atoms with Gasteiger partial charge < -0.3 is 19.1 Å². The van der Waals surface area contributed by atoms with Crippen LogP contribution in [0.2, 0.25) is 0 Å². The second kappa shape index (κ2) is 11.9. The Morgan fingerprint density at radius 3 is 2.00 bits per heavy atom. The topological polar surface area (TPSA) is 90.9 Å². The quantitative estimate of drug-likeness (QED) is 0.196. The Balaban J connectivity index is 1.33. The molecule has 216 valence electrons. The number of benzene rings is 4. The number of rotatable bonds is 8. The number of nitrogens with zero attached hydrogens (tertiary/aromatic N) is 3. The Bertz CT molecular complexity index is 1800. The van der Waals surface area contributed by atoms with Crippen LogP contribution in [0.4, 0.5) is 5.69 Å². The van der Waals surface area contributed by atoms with Gasteiger partial charge in [-0.3, -0.25) is 4.79 Å². The van der Waals surface area contributed by atoms with Crippen molar-refractivity contribution in [2.75, 3.05) is 25.7 Å². The summed E-state index contributed by atoms with van der Waals surface area (Å²) in [6.45, 7) is 2.41. The van der Waals surface area contributed by atoms with Crippen LogP contribution in [0.15, 0.2) is 91.0 Å². The minimum atomic E-state index is -0.896. The summed E-state index contributed by atoms with van der Waals surface area (Å²) in [5, 5.41) is 0. The third kappa shape index (κ3) is 5.51. The Labute approximate surface area is 249 Å². The minimum absolute atomic E-state index is 0.215. The van der Waals surface area contributed by atoms with E-state index in [0.717, 1.165) is 40.3 Å². The molecule has 6 rings (SSSR count). The maximum absolute atomic E-state index is 13.4. The van der Waals surface area contributed by atoms with Crippen LogP contribution >= 0.6 is 0 Å². The van der Waals surface area contributed by atoms with E-state index in [9.17, 15) is 9.59 Å². The number of aromatic nitrogens is 2. The predicted octanol–water partition coefficient (Wildman–Crippen LogP) is 6.51. The van der Waals surface area contributed by atoms with Crippen LogP contribution in [-0.2, 0) is 16.0 Å². The van der Waals surface area contributed by atoms with Gasteiger partial charge in [-0.2, -0.15) is 0 Å². The Morgan fingerprint density at radius 2 is 1.40 bits per heavy atom. The molecule has 1 aliphatic rings. The fourth-order valence-electron chi connectivity index (χ4n) is 5.33. The van der Waals surface area contributed by atoms with Gasteiger partial charge in [-0.15, -0.1) is 0 Å². The van der Waals surface area contributed by atoms with E-state index in [-0.39, 0.29) is 5.91 Å². The van der Waals surface area contributed by atoms with E-state index in [0.29, 0.717) is 41.0 Å². The molecule has 0 saturated carbocycles. The van der Waals surface area contributed by atoms with E-state index in [4.69, 9.17) is 24.2 Å². The van der Waals surface area contributed by atoms with E-state index in [2.05, 4.69) is 0 Å². The number of hydrogen-bond donors (Lipinski definition) is 0. The zero-order valence-corrected chi connectivity index (χ0v) is 24.2. The van der Waals surface area contributed by atoms with Gasteiger partial charge >= 0.3 is 5.97 Å². The van der Waals surface area contributed by atoms with E-state index < -0.39 is 12.1 Å². The van der Waals surface area contributed by atoms with Gasteiger partial charge in [0.1, 0.15) is 11.5 Å². The maximum Gasteiger partial charge on any atom is 0.338 e. The molecule has 8 heteroatoms. The molecule has 0 fully saturated rings. The summed E-state index contributed by atoms with van der Waals surface area (Å²) in [6.07, 6.45) is 0.251. The van der Waals surface area contributed by atoms with Gasteiger partial charge in [0.05, 0.1) is 42.2 Å². The van der Waals surface area contributed by atoms with Crippen molar-refractivity contribution in [2.24, 2.45) is 0 Å². The number of esters is 1. The first kappa shape index (κ1) is 27.9. The molecule has 1 aromatic heterocycles. The lowest BCUT2D eigenvalue weighted by Gasteiger charge is -2.23. The SMILES string of the molecule is CCC(OC(=O)c1ccc2nc(-c3ccc(OC)cc3)c(-c3ccc(OC)cc3)nc2c1)C(=O)N1CCc2ccccc21. The molecular formula is C35H31N3O5. The molecule has 0 aliphatic carbocycles. The number of hydrogen-bond acceptors (Lipinski definition) is 7. The number of carbonyl (C=O) groups excluding carboxylic acids is 2. The summed E-state index contributed by atoms with van der Waals surface area (Å²) in [7, 11) is 3.25. The molecule has 43 heavy (non-hydrogen) atoms. The van der Waals surface area contributed by atoms with Crippen molar-refractivity contribution < 1.29 is 23.8 Å². The molecule has 8 nitrogen and oxygen atoms in total. The summed E-state index contributed by atoms with van der Waals surface area (Å²) in [4.78, 5) is 38.4. The van der Waals surface area contributed by atoms with Crippen molar-refractivity contribution in [3.8, 4) is 34.0 Å². The standard InChI is InChI=1S/C35H31N3O5/c1-4-31(34(39)38-20-19-22-7-5-6-8-30(22)38)43-35(40)25-13-18-28-29(21-25)37-33(24-11-16-27(42-3)17-12-24)32(36-28)23-9-14-26(41-2)15-10-23/h5-18,21,31H,4,19-20H2,1-3H3. The second-order valence-electron chi connectivity index (χ2n) is 10.3. The van der Waals surface area contributed by atoms with Crippen molar-refractivity contribution in [1.82, 2.24) is 9.97 Å². The van der Waals surface area contributed by atoms with Crippen molar-refractivity contribution in [3.05, 3.63) is 102 Å². The molecule has 0 spiro atoms. The van der Waals surface area contributed by atoms with Gasteiger partial charge in [0.25, 0.3) is 5.91 Å². The van der Waals surface area contributed by atoms with Crippen molar-refractivity contribution >= 4 is 28.6 Å². The first-order chi connectivity index (χ1) is 21.0. The van der Waals surface area contributed by atoms with Gasteiger partial charge in [0.2, 0.25) is 0 Å². The highest BCUT2D eigenvalue weighted by molar-refractivity contribution is 6.01. The maximum atomic E-state index is 13.4. The van der Waals surface area contributed by atoms with Crippen LogP contribution in [0.1, 0.15) is 29.3 Å². The zero-order valence-electron chi connectivity index (χ0n) is 24.2. The van der Waals surface area contributed by atoms with E-state index in [1.807, 2.05) is 79.7 Å². The molecule has 4 aromatic carbocycles. The lowest BCUT2D eigenvalue weighted by molar-refractivity contribution is -0.127. The predicted molar refractivity (Wildman–Crippen MR) is 166 cm³/mol. The van der Waals surface area contributed by atoms with Crippen LogP contribution in [0.25, 0.3) is 33.5 Å². The monoisotopic (exact) mass is 573 g/mol.